The molecule has 0 spiro atoms. The molecule has 8 heteroatoms. The molecule has 1 aliphatic heterocycles. The third-order valence-corrected chi connectivity index (χ3v) is 6.96. The number of rotatable bonds is 5. The zero-order chi connectivity index (χ0) is 21.1. The summed E-state index contributed by atoms with van der Waals surface area (Å²) in [5.74, 6) is -0.552. The monoisotopic (exact) mass is 425 g/mol. The van der Waals surface area contributed by atoms with Crippen LogP contribution in [-0.4, -0.2) is 38.7 Å². The van der Waals surface area contributed by atoms with Gasteiger partial charge in [0, 0.05) is 30.4 Å². The number of carbonyl (C=O) groups excluding carboxylic acids is 1. The summed E-state index contributed by atoms with van der Waals surface area (Å²) in [7, 11) is -3.59. The van der Waals surface area contributed by atoms with Crippen LogP contribution in [0.15, 0.2) is 71.6 Å². The summed E-state index contributed by atoms with van der Waals surface area (Å²) in [5, 5.41) is 10.6. The van der Waals surface area contributed by atoms with Gasteiger partial charge in [0.05, 0.1) is 4.90 Å². The lowest BCUT2D eigenvalue weighted by Gasteiger charge is -2.33. The lowest BCUT2D eigenvalue weighted by Crippen LogP contribution is -2.44. The Bertz CT molecular complexity index is 1150. The van der Waals surface area contributed by atoms with Crippen LogP contribution in [0.5, 0.6) is 0 Å². The van der Waals surface area contributed by atoms with Gasteiger partial charge in [-0.1, -0.05) is 30.3 Å². The Labute approximate surface area is 175 Å². The van der Waals surface area contributed by atoms with Crippen molar-refractivity contribution in [2.75, 3.05) is 18.0 Å². The van der Waals surface area contributed by atoms with Crippen LogP contribution < -0.4 is 15.1 Å². The Morgan fingerprint density at radius 3 is 2.27 bits per heavy atom. The highest BCUT2D eigenvalue weighted by atomic mass is 32.2. The zero-order valence-electron chi connectivity index (χ0n) is 16.3. The van der Waals surface area contributed by atoms with Gasteiger partial charge < -0.3 is 4.90 Å². The number of hydrogen-bond donors (Lipinski definition) is 3. The van der Waals surface area contributed by atoms with E-state index in [4.69, 9.17) is 5.21 Å². The summed E-state index contributed by atoms with van der Waals surface area (Å²) >= 11 is 0. The smallest absolute Gasteiger partial charge is 0.274 e. The third-order valence-electron chi connectivity index (χ3n) is 5.44. The summed E-state index contributed by atoms with van der Waals surface area (Å²) in [5.41, 5.74) is 2.95. The quantitative estimate of drug-likeness (QED) is 0.431. The molecule has 0 atom stereocenters. The van der Waals surface area contributed by atoms with E-state index >= 15 is 0 Å². The van der Waals surface area contributed by atoms with Crippen molar-refractivity contribution in [1.29, 1.82) is 0 Å². The van der Waals surface area contributed by atoms with Gasteiger partial charge in [0.2, 0.25) is 10.0 Å². The number of carbonyl (C=O) groups is 1. The molecule has 0 radical (unpaired) electrons. The van der Waals surface area contributed by atoms with Gasteiger partial charge >= 0.3 is 0 Å². The van der Waals surface area contributed by atoms with Gasteiger partial charge in [-0.25, -0.2) is 18.6 Å². The number of hydrogen-bond acceptors (Lipinski definition) is 5. The first-order chi connectivity index (χ1) is 14.5. The maximum Gasteiger partial charge on any atom is 0.274 e. The summed E-state index contributed by atoms with van der Waals surface area (Å²) in [4.78, 5) is 13.9. The predicted molar refractivity (Wildman–Crippen MR) is 115 cm³/mol. The second-order valence-electron chi connectivity index (χ2n) is 7.38. The fourth-order valence-electron chi connectivity index (χ4n) is 3.77. The van der Waals surface area contributed by atoms with Gasteiger partial charge in [-0.05, 0) is 60.0 Å². The minimum atomic E-state index is -3.59. The van der Waals surface area contributed by atoms with Gasteiger partial charge in [-0.2, -0.15) is 0 Å². The van der Waals surface area contributed by atoms with Crippen molar-refractivity contribution in [3.05, 3.63) is 72.3 Å². The van der Waals surface area contributed by atoms with Crippen LogP contribution in [0.4, 0.5) is 5.69 Å². The van der Waals surface area contributed by atoms with E-state index in [0.717, 1.165) is 16.5 Å². The van der Waals surface area contributed by atoms with Crippen LogP contribution in [0, 0.1) is 0 Å². The summed E-state index contributed by atoms with van der Waals surface area (Å²) in [6.45, 7) is 1.41. The van der Waals surface area contributed by atoms with Crippen molar-refractivity contribution in [2.24, 2.45) is 0 Å². The van der Waals surface area contributed by atoms with Gasteiger partial charge in [0.15, 0.2) is 0 Å². The van der Waals surface area contributed by atoms with Crippen molar-refractivity contribution < 1.29 is 18.4 Å². The molecule has 1 saturated heterocycles. The minimum absolute atomic E-state index is 0.128. The second-order valence-corrected chi connectivity index (χ2v) is 9.09. The standard InChI is InChI=1S/C22H23N3O4S/c26-22(23-27)17-5-8-20(9-6-17)25-13-11-19(12-14-25)24-30(28,29)21-10-7-16-3-1-2-4-18(16)15-21/h1-10,15,19,24,27H,11-14H2,(H,23,26). The normalized spacial score (nSPS) is 15.3. The highest BCUT2D eigenvalue weighted by molar-refractivity contribution is 7.89. The highest BCUT2D eigenvalue weighted by Crippen LogP contribution is 2.23. The van der Waals surface area contributed by atoms with Gasteiger partial charge in [-0.15, -0.1) is 0 Å². The Kier molecular flexibility index (Phi) is 5.72. The van der Waals surface area contributed by atoms with Gasteiger partial charge in [0.25, 0.3) is 5.91 Å². The van der Waals surface area contributed by atoms with E-state index in [1.54, 1.807) is 29.7 Å². The van der Waals surface area contributed by atoms with Crippen molar-refractivity contribution in [3.63, 3.8) is 0 Å². The molecular weight excluding hydrogens is 402 g/mol. The van der Waals surface area contributed by atoms with Crippen LogP contribution in [0.25, 0.3) is 10.8 Å². The number of sulfonamides is 1. The molecular formula is C22H23N3O4S. The number of nitrogens with one attached hydrogen (secondary N) is 2. The van der Waals surface area contributed by atoms with E-state index in [0.29, 0.717) is 31.5 Å². The summed E-state index contributed by atoms with van der Waals surface area (Å²) in [6, 6.07) is 19.7. The molecule has 1 aliphatic rings. The molecule has 3 aromatic rings. The fourth-order valence-corrected chi connectivity index (χ4v) is 5.11. The average Bonchev–Trinajstić information content (AvgIpc) is 2.78. The number of piperidine rings is 1. The number of hydroxylamine groups is 1. The summed E-state index contributed by atoms with van der Waals surface area (Å²) in [6.07, 6.45) is 1.37. The first-order valence-electron chi connectivity index (χ1n) is 9.77. The molecule has 1 amide bonds. The number of nitrogens with zero attached hydrogens (tertiary/aromatic N) is 1. The van der Waals surface area contributed by atoms with Crippen molar-refractivity contribution in [2.45, 2.75) is 23.8 Å². The van der Waals surface area contributed by atoms with E-state index in [-0.39, 0.29) is 10.9 Å². The lowest BCUT2D eigenvalue weighted by atomic mass is 10.0. The molecule has 0 saturated carbocycles. The SMILES string of the molecule is O=C(NO)c1ccc(N2CCC(NS(=O)(=O)c3ccc4ccccc4c3)CC2)cc1. The molecule has 30 heavy (non-hydrogen) atoms. The number of benzene rings is 3. The van der Waals surface area contributed by atoms with E-state index in [1.165, 1.54) is 0 Å². The van der Waals surface area contributed by atoms with Crippen molar-refractivity contribution in [3.8, 4) is 0 Å². The molecule has 0 aliphatic carbocycles. The maximum atomic E-state index is 12.8. The zero-order valence-corrected chi connectivity index (χ0v) is 17.1. The molecule has 0 bridgehead atoms. The molecule has 1 heterocycles. The van der Waals surface area contributed by atoms with E-state index in [1.807, 2.05) is 42.5 Å². The van der Waals surface area contributed by atoms with Crippen LogP contribution in [0.2, 0.25) is 0 Å². The number of amides is 1. The molecule has 4 rings (SSSR count). The topological polar surface area (TPSA) is 98.7 Å². The molecule has 1 fully saturated rings. The molecule has 0 unspecified atom stereocenters. The molecule has 7 nitrogen and oxygen atoms in total. The molecule has 3 aromatic carbocycles. The Morgan fingerprint density at radius 2 is 1.60 bits per heavy atom. The first kappa shape index (κ1) is 20.3. The van der Waals surface area contributed by atoms with Crippen LogP contribution in [0.3, 0.4) is 0 Å². The third kappa shape index (κ3) is 4.30. The van der Waals surface area contributed by atoms with Crippen LogP contribution >= 0.6 is 0 Å². The average molecular weight is 426 g/mol. The van der Waals surface area contributed by atoms with E-state index < -0.39 is 15.9 Å². The predicted octanol–water partition coefficient (Wildman–Crippen LogP) is 2.91. The minimum Gasteiger partial charge on any atom is -0.371 e. The van der Waals surface area contributed by atoms with Crippen molar-refractivity contribution >= 4 is 32.4 Å². The largest absolute Gasteiger partial charge is 0.371 e. The van der Waals surface area contributed by atoms with Crippen LogP contribution in [-0.2, 0) is 10.0 Å². The van der Waals surface area contributed by atoms with Crippen LogP contribution in [0.1, 0.15) is 23.2 Å². The maximum absolute atomic E-state index is 12.8. The Morgan fingerprint density at radius 1 is 0.933 bits per heavy atom. The van der Waals surface area contributed by atoms with Crippen molar-refractivity contribution in [1.82, 2.24) is 10.2 Å². The lowest BCUT2D eigenvalue weighted by molar-refractivity contribution is 0.0706. The number of fused-ring (bicyclic) bond motifs is 1. The van der Waals surface area contributed by atoms with Gasteiger partial charge in [-0.3, -0.25) is 10.0 Å². The molecule has 0 aromatic heterocycles. The summed E-state index contributed by atoms with van der Waals surface area (Å²) < 4.78 is 28.5. The highest BCUT2D eigenvalue weighted by Gasteiger charge is 2.25. The Hall–Kier alpha value is -2.94. The fraction of sp³-hybridized carbons (Fsp3) is 0.227. The number of anilines is 1. The molecule has 156 valence electrons. The Balaban J connectivity index is 1.39. The van der Waals surface area contributed by atoms with E-state index in [2.05, 4.69) is 9.62 Å². The first-order valence-corrected chi connectivity index (χ1v) is 11.3. The second kappa shape index (κ2) is 8.43. The molecule has 3 N–H and O–H groups in total. The van der Waals surface area contributed by atoms with E-state index in [9.17, 15) is 13.2 Å². The van der Waals surface area contributed by atoms with Gasteiger partial charge in [0.1, 0.15) is 0 Å².